The second-order valence-corrected chi connectivity index (χ2v) is 4.81. The van der Waals surface area contributed by atoms with E-state index in [0.717, 1.165) is 0 Å². The van der Waals surface area contributed by atoms with Crippen LogP contribution in [0.25, 0.3) is 0 Å². The van der Waals surface area contributed by atoms with E-state index in [0.29, 0.717) is 0 Å². The van der Waals surface area contributed by atoms with Gasteiger partial charge in [0.05, 0.1) is 5.54 Å². The molecular formula is C10H11F5N2O3. The molecule has 0 saturated heterocycles. The van der Waals surface area contributed by atoms with Crippen LogP contribution in [0.3, 0.4) is 0 Å². The van der Waals surface area contributed by atoms with E-state index in [4.69, 9.17) is 5.11 Å². The van der Waals surface area contributed by atoms with Crippen molar-refractivity contribution in [3.8, 4) is 5.75 Å². The Balaban J connectivity index is 3.67. The fourth-order valence-corrected chi connectivity index (χ4v) is 1.49. The minimum Gasteiger partial charge on any atom is -0.449 e. The minimum atomic E-state index is -5.10. The lowest BCUT2D eigenvalue weighted by Crippen LogP contribution is -2.29. The lowest BCUT2D eigenvalue weighted by molar-refractivity contribution is -0.147. The van der Waals surface area contributed by atoms with Gasteiger partial charge in [-0.3, -0.25) is 4.68 Å². The number of carboxylic acid groups (broad SMARTS) is 1. The van der Waals surface area contributed by atoms with Crippen molar-refractivity contribution in [2.24, 2.45) is 0 Å². The second kappa shape index (κ2) is 4.91. The van der Waals surface area contributed by atoms with Gasteiger partial charge in [-0.05, 0) is 20.8 Å². The summed E-state index contributed by atoms with van der Waals surface area (Å²) in [7, 11) is 0. The average molecular weight is 302 g/mol. The van der Waals surface area contributed by atoms with Crippen molar-refractivity contribution < 1.29 is 36.6 Å². The van der Waals surface area contributed by atoms with Gasteiger partial charge in [0.2, 0.25) is 0 Å². The van der Waals surface area contributed by atoms with Crippen LogP contribution >= 0.6 is 0 Å². The van der Waals surface area contributed by atoms with Crippen LogP contribution in [0.1, 0.15) is 38.6 Å². The molecule has 1 aromatic heterocycles. The smallest absolute Gasteiger partial charge is 0.449 e. The number of nitrogens with zero attached hydrogens (tertiary/aromatic N) is 2. The predicted octanol–water partition coefficient (Wildman–Crippen LogP) is 3.65. The highest BCUT2D eigenvalue weighted by atomic mass is 19.4. The lowest BCUT2D eigenvalue weighted by Gasteiger charge is -2.23. The van der Waals surface area contributed by atoms with Gasteiger partial charge in [-0.1, -0.05) is 0 Å². The predicted molar refractivity (Wildman–Crippen MR) is 55.8 cm³/mol. The molecule has 5 nitrogen and oxygen atoms in total. The number of aromatic nitrogens is 2. The average Bonchev–Trinajstić information content (AvgIpc) is 2.54. The molecule has 10 heteroatoms. The van der Waals surface area contributed by atoms with Crippen molar-refractivity contribution in [1.82, 2.24) is 9.78 Å². The Hall–Kier alpha value is -1.87. The summed E-state index contributed by atoms with van der Waals surface area (Å²) >= 11 is 0. The number of hydrogen-bond acceptors (Lipinski definition) is 3. The quantitative estimate of drug-likeness (QED) is 0.669. The Kier molecular flexibility index (Phi) is 3.97. The standard InChI is InChI=1S/C10H11F5N2O3/c1-9(2,3)17-6(10(13,14)15)5(20-8(18)19)4(16-17)7(11)12/h7H,1-3H3,(H,18,19). The minimum absolute atomic E-state index is 0.284. The number of ether oxygens (including phenoxy) is 1. The molecule has 0 unspecified atom stereocenters. The molecule has 0 amide bonds. The highest BCUT2D eigenvalue weighted by Crippen LogP contribution is 2.43. The summed E-state index contributed by atoms with van der Waals surface area (Å²) in [4.78, 5) is 10.4. The molecule has 0 radical (unpaired) electrons. The van der Waals surface area contributed by atoms with E-state index < -0.39 is 41.4 Å². The maximum absolute atomic E-state index is 13.0. The van der Waals surface area contributed by atoms with E-state index in [9.17, 15) is 26.7 Å². The summed E-state index contributed by atoms with van der Waals surface area (Å²) in [6.45, 7) is 3.90. The fraction of sp³-hybridized carbons (Fsp3) is 0.600. The topological polar surface area (TPSA) is 64.4 Å². The maximum atomic E-state index is 13.0. The molecule has 0 fully saturated rings. The Labute approximate surface area is 109 Å². The van der Waals surface area contributed by atoms with Gasteiger partial charge in [0, 0.05) is 0 Å². The van der Waals surface area contributed by atoms with Crippen LogP contribution in [0, 0.1) is 0 Å². The van der Waals surface area contributed by atoms with Crippen molar-refractivity contribution >= 4 is 6.16 Å². The molecule has 1 aromatic rings. The van der Waals surface area contributed by atoms with E-state index in [1.165, 1.54) is 20.8 Å². The van der Waals surface area contributed by atoms with Crippen LogP contribution in [-0.4, -0.2) is 21.0 Å². The van der Waals surface area contributed by atoms with Crippen LogP contribution < -0.4 is 4.74 Å². The Morgan fingerprint density at radius 1 is 1.30 bits per heavy atom. The third kappa shape index (κ3) is 3.17. The van der Waals surface area contributed by atoms with Crippen LogP contribution in [0.5, 0.6) is 5.75 Å². The molecule has 20 heavy (non-hydrogen) atoms. The first-order valence-electron chi connectivity index (χ1n) is 5.25. The van der Waals surface area contributed by atoms with Gasteiger partial charge in [0.25, 0.3) is 6.43 Å². The Morgan fingerprint density at radius 2 is 1.80 bits per heavy atom. The highest BCUT2D eigenvalue weighted by Gasteiger charge is 2.45. The van der Waals surface area contributed by atoms with E-state index >= 15 is 0 Å². The van der Waals surface area contributed by atoms with Gasteiger partial charge >= 0.3 is 12.3 Å². The Bertz CT molecular complexity index is 516. The van der Waals surface area contributed by atoms with E-state index in [-0.39, 0.29) is 4.68 Å². The normalized spacial score (nSPS) is 12.8. The first kappa shape index (κ1) is 16.2. The van der Waals surface area contributed by atoms with Crippen molar-refractivity contribution in [3.63, 3.8) is 0 Å². The zero-order valence-corrected chi connectivity index (χ0v) is 10.6. The molecule has 0 spiro atoms. The molecule has 0 saturated carbocycles. The summed E-state index contributed by atoms with van der Waals surface area (Å²) in [5.74, 6) is -1.49. The van der Waals surface area contributed by atoms with Gasteiger partial charge in [-0.2, -0.15) is 18.3 Å². The van der Waals surface area contributed by atoms with Crippen molar-refractivity contribution in [2.75, 3.05) is 0 Å². The van der Waals surface area contributed by atoms with Gasteiger partial charge < -0.3 is 9.84 Å². The Morgan fingerprint density at radius 3 is 2.10 bits per heavy atom. The fourth-order valence-electron chi connectivity index (χ4n) is 1.49. The van der Waals surface area contributed by atoms with E-state index in [2.05, 4.69) is 9.84 Å². The zero-order valence-electron chi connectivity index (χ0n) is 10.6. The van der Waals surface area contributed by atoms with Crippen LogP contribution in [-0.2, 0) is 11.7 Å². The summed E-state index contributed by atoms with van der Waals surface area (Å²) in [6.07, 6.45) is -10.6. The number of rotatable bonds is 2. The first-order chi connectivity index (χ1) is 8.85. The molecule has 0 atom stereocenters. The van der Waals surface area contributed by atoms with Gasteiger partial charge in [-0.15, -0.1) is 0 Å². The summed E-state index contributed by atoms with van der Waals surface area (Å²) < 4.78 is 68.6. The molecule has 1 heterocycles. The summed E-state index contributed by atoms with van der Waals surface area (Å²) in [5, 5.41) is 11.6. The zero-order chi connectivity index (χ0) is 15.9. The molecule has 0 aliphatic rings. The third-order valence-electron chi connectivity index (χ3n) is 2.17. The van der Waals surface area contributed by atoms with E-state index in [1.54, 1.807) is 0 Å². The summed E-state index contributed by atoms with van der Waals surface area (Å²) in [6, 6.07) is 0. The molecule has 0 aliphatic carbocycles. The molecule has 1 N–H and O–H groups in total. The molecule has 0 aliphatic heterocycles. The maximum Gasteiger partial charge on any atom is 0.511 e. The van der Waals surface area contributed by atoms with Gasteiger partial charge in [-0.25, -0.2) is 13.6 Å². The number of hydrogen-bond donors (Lipinski definition) is 1. The van der Waals surface area contributed by atoms with Crippen molar-refractivity contribution in [2.45, 2.75) is 38.9 Å². The first-order valence-corrected chi connectivity index (χ1v) is 5.25. The number of alkyl halides is 5. The SMILES string of the molecule is CC(C)(C)n1nc(C(F)F)c(OC(=O)O)c1C(F)(F)F. The van der Waals surface area contributed by atoms with Crippen LogP contribution in [0.15, 0.2) is 0 Å². The molecule has 0 bridgehead atoms. The molecular weight excluding hydrogens is 291 g/mol. The number of halogens is 5. The number of carbonyl (C=O) groups is 1. The lowest BCUT2D eigenvalue weighted by atomic mass is 10.1. The largest absolute Gasteiger partial charge is 0.511 e. The second-order valence-electron chi connectivity index (χ2n) is 4.81. The highest BCUT2D eigenvalue weighted by molar-refractivity contribution is 5.62. The van der Waals surface area contributed by atoms with Crippen LogP contribution in [0.4, 0.5) is 26.7 Å². The summed E-state index contributed by atoms with van der Waals surface area (Å²) in [5.41, 5.74) is -4.33. The van der Waals surface area contributed by atoms with Crippen molar-refractivity contribution in [3.05, 3.63) is 11.4 Å². The van der Waals surface area contributed by atoms with Gasteiger partial charge in [0.1, 0.15) is 0 Å². The molecule has 0 aromatic carbocycles. The third-order valence-corrected chi connectivity index (χ3v) is 2.17. The van der Waals surface area contributed by atoms with E-state index in [1.807, 2.05) is 0 Å². The van der Waals surface area contributed by atoms with Crippen molar-refractivity contribution in [1.29, 1.82) is 0 Å². The molecule has 1 rings (SSSR count). The molecule has 114 valence electrons. The van der Waals surface area contributed by atoms with Crippen LogP contribution in [0.2, 0.25) is 0 Å². The van der Waals surface area contributed by atoms with Gasteiger partial charge in [0.15, 0.2) is 17.1 Å². The monoisotopic (exact) mass is 302 g/mol.